The molecule has 0 aliphatic heterocycles. The Hall–Kier alpha value is -2.57. The second kappa shape index (κ2) is 6.38. The Morgan fingerprint density at radius 1 is 1.04 bits per heavy atom. The van der Waals surface area contributed by atoms with Crippen molar-refractivity contribution < 1.29 is 4.74 Å². The van der Waals surface area contributed by atoms with Crippen molar-refractivity contribution in [2.45, 2.75) is 6.92 Å². The van der Waals surface area contributed by atoms with Crippen LogP contribution in [-0.4, -0.2) is 27.0 Å². The molecule has 1 aromatic carbocycles. The normalized spacial score (nSPS) is 11.0. The molecule has 0 radical (unpaired) electrons. The molecular weight excluding hydrogens is 356 g/mol. The van der Waals surface area contributed by atoms with Gasteiger partial charge in [0.1, 0.15) is 17.5 Å². The van der Waals surface area contributed by atoms with E-state index in [2.05, 4.69) is 15.0 Å². The van der Waals surface area contributed by atoms with E-state index in [0.29, 0.717) is 16.8 Å². The van der Waals surface area contributed by atoms with Gasteiger partial charge in [0.15, 0.2) is 10.9 Å². The summed E-state index contributed by atoms with van der Waals surface area (Å²) in [7, 11) is 1.55. The van der Waals surface area contributed by atoms with Gasteiger partial charge in [0.25, 0.3) is 0 Å². The van der Waals surface area contributed by atoms with Crippen LogP contribution in [0.3, 0.4) is 0 Å². The molecule has 0 N–H and O–H groups in total. The highest BCUT2D eigenvalue weighted by atomic mass is 35.5. The third kappa shape index (κ3) is 2.83. The van der Waals surface area contributed by atoms with Crippen molar-refractivity contribution in [1.82, 2.24) is 19.9 Å². The first kappa shape index (κ1) is 15.9. The van der Waals surface area contributed by atoms with E-state index in [4.69, 9.17) is 21.3 Å². The molecule has 0 unspecified atom stereocenters. The number of hydrogen-bond acceptors (Lipinski definition) is 6. The molecule has 0 saturated carbocycles. The lowest BCUT2D eigenvalue weighted by atomic mass is 10.1. The topological polar surface area (TPSA) is 60.8 Å². The zero-order valence-corrected chi connectivity index (χ0v) is 15.1. The second-order valence-corrected chi connectivity index (χ2v) is 6.91. The number of hydrogen-bond donors (Lipinski definition) is 0. The highest BCUT2D eigenvalue weighted by Crippen LogP contribution is 2.39. The van der Waals surface area contributed by atoms with Gasteiger partial charge < -0.3 is 4.74 Å². The quantitative estimate of drug-likeness (QED) is 0.487. The van der Waals surface area contributed by atoms with Gasteiger partial charge in [0, 0.05) is 11.6 Å². The molecule has 5 nitrogen and oxygen atoms in total. The first-order chi connectivity index (χ1) is 12.2. The summed E-state index contributed by atoms with van der Waals surface area (Å²) in [6, 6.07) is 11.8. The van der Waals surface area contributed by atoms with Crippen LogP contribution in [0.25, 0.3) is 32.9 Å². The molecule has 0 atom stereocenters. The predicted molar refractivity (Wildman–Crippen MR) is 100 cm³/mol. The molecule has 0 bridgehead atoms. The number of rotatable bonds is 3. The molecule has 0 saturated heterocycles. The van der Waals surface area contributed by atoms with E-state index in [9.17, 15) is 0 Å². The zero-order valence-electron chi connectivity index (χ0n) is 13.5. The Morgan fingerprint density at radius 2 is 1.84 bits per heavy atom. The van der Waals surface area contributed by atoms with Gasteiger partial charge in [-0.25, -0.2) is 19.9 Å². The van der Waals surface area contributed by atoms with Gasteiger partial charge in [-0.1, -0.05) is 41.9 Å². The summed E-state index contributed by atoms with van der Waals surface area (Å²) in [5.74, 6) is 0.489. The van der Waals surface area contributed by atoms with Gasteiger partial charge in [-0.15, -0.1) is 11.3 Å². The van der Waals surface area contributed by atoms with Crippen LogP contribution in [0.15, 0.2) is 42.7 Å². The lowest BCUT2D eigenvalue weighted by Crippen LogP contribution is -1.95. The maximum atomic E-state index is 6.22. The largest absolute Gasteiger partial charge is 0.493 e. The number of ether oxygens (including phenoxy) is 1. The van der Waals surface area contributed by atoms with Crippen molar-refractivity contribution in [1.29, 1.82) is 0 Å². The van der Waals surface area contributed by atoms with E-state index in [-0.39, 0.29) is 5.15 Å². The van der Waals surface area contributed by atoms with Crippen molar-refractivity contribution in [3.05, 3.63) is 52.9 Å². The summed E-state index contributed by atoms with van der Waals surface area (Å²) in [5, 5.41) is 1.24. The highest BCUT2D eigenvalue weighted by Gasteiger charge is 2.19. The van der Waals surface area contributed by atoms with E-state index >= 15 is 0 Å². The minimum atomic E-state index is 0.286. The number of fused-ring (bicyclic) bond motifs is 1. The number of aromatic nitrogens is 4. The van der Waals surface area contributed by atoms with Crippen molar-refractivity contribution in [2.75, 3.05) is 7.11 Å². The monoisotopic (exact) mass is 368 g/mol. The van der Waals surface area contributed by atoms with Crippen LogP contribution in [0, 0.1) is 6.92 Å². The minimum absolute atomic E-state index is 0.286. The van der Waals surface area contributed by atoms with E-state index in [0.717, 1.165) is 26.8 Å². The zero-order chi connectivity index (χ0) is 17.4. The summed E-state index contributed by atoms with van der Waals surface area (Å²) < 4.78 is 5.23. The number of thiazole rings is 1. The Balaban J connectivity index is 1.99. The summed E-state index contributed by atoms with van der Waals surface area (Å²) in [6.45, 7) is 1.98. The third-order valence-electron chi connectivity index (χ3n) is 3.75. The number of nitrogens with zero attached hydrogens (tertiary/aromatic N) is 4. The third-order valence-corrected chi connectivity index (χ3v) is 5.00. The maximum absolute atomic E-state index is 6.22. The van der Waals surface area contributed by atoms with Gasteiger partial charge in [-0.2, -0.15) is 0 Å². The molecule has 4 rings (SSSR count). The lowest BCUT2D eigenvalue weighted by molar-refractivity contribution is 0.414. The number of halogens is 1. The SMILES string of the molecule is COc1cc2ncnc(-c3sc(C)nc3-c3ccccc3)c2nc1Cl. The Morgan fingerprint density at radius 3 is 2.60 bits per heavy atom. The Kier molecular flexibility index (Phi) is 4.07. The van der Waals surface area contributed by atoms with E-state index < -0.39 is 0 Å². The van der Waals surface area contributed by atoms with Crippen LogP contribution in [0.2, 0.25) is 5.15 Å². The highest BCUT2D eigenvalue weighted by molar-refractivity contribution is 7.15. The van der Waals surface area contributed by atoms with Gasteiger partial charge >= 0.3 is 0 Å². The van der Waals surface area contributed by atoms with Crippen LogP contribution in [-0.2, 0) is 0 Å². The Labute approximate surface area is 153 Å². The minimum Gasteiger partial charge on any atom is -0.493 e. The first-order valence-electron chi connectivity index (χ1n) is 7.56. The van der Waals surface area contributed by atoms with Gasteiger partial charge in [0.2, 0.25) is 0 Å². The molecule has 3 heterocycles. The smallest absolute Gasteiger partial charge is 0.171 e. The van der Waals surface area contributed by atoms with E-state index in [1.54, 1.807) is 24.5 Å². The van der Waals surface area contributed by atoms with Crippen molar-refractivity contribution in [2.24, 2.45) is 0 Å². The van der Waals surface area contributed by atoms with Crippen LogP contribution >= 0.6 is 22.9 Å². The maximum Gasteiger partial charge on any atom is 0.171 e. The molecule has 7 heteroatoms. The molecule has 0 aliphatic rings. The molecule has 25 heavy (non-hydrogen) atoms. The average molecular weight is 369 g/mol. The molecule has 0 aliphatic carbocycles. The van der Waals surface area contributed by atoms with E-state index in [1.165, 1.54) is 6.33 Å². The summed E-state index contributed by atoms with van der Waals surface area (Å²) in [4.78, 5) is 18.9. The average Bonchev–Trinajstić information content (AvgIpc) is 3.03. The molecular formula is C18H13ClN4OS. The van der Waals surface area contributed by atoms with Crippen LogP contribution in [0.4, 0.5) is 0 Å². The Bertz CT molecular complexity index is 1070. The number of pyridine rings is 1. The summed E-state index contributed by atoms with van der Waals surface area (Å²) in [5.41, 5.74) is 3.95. The van der Waals surface area contributed by atoms with Crippen molar-refractivity contribution in [3.8, 4) is 27.6 Å². The summed E-state index contributed by atoms with van der Waals surface area (Å²) >= 11 is 7.80. The molecule has 0 amide bonds. The first-order valence-corrected chi connectivity index (χ1v) is 8.75. The molecule has 0 spiro atoms. The van der Waals surface area contributed by atoms with Gasteiger partial charge in [-0.05, 0) is 6.92 Å². The standard InChI is InChI=1S/C18H13ClN4OS/c1-10-22-14(11-6-4-3-5-7-11)17(25-10)16-15-12(20-9-21-16)8-13(24-2)18(19)23-15/h3-9H,1-2H3. The van der Waals surface area contributed by atoms with Gasteiger partial charge in [-0.3, -0.25) is 0 Å². The van der Waals surface area contributed by atoms with Crippen LogP contribution in [0.5, 0.6) is 5.75 Å². The second-order valence-electron chi connectivity index (χ2n) is 5.35. The number of benzene rings is 1. The van der Waals surface area contributed by atoms with Crippen LogP contribution in [0.1, 0.15) is 5.01 Å². The molecule has 4 aromatic rings. The molecule has 3 aromatic heterocycles. The fourth-order valence-electron chi connectivity index (χ4n) is 2.63. The van der Waals surface area contributed by atoms with Crippen molar-refractivity contribution >= 4 is 34.0 Å². The van der Waals surface area contributed by atoms with E-state index in [1.807, 2.05) is 37.3 Å². The lowest BCUT2D eigenvalue weighted by Gasteiger charge is -2.07. The molecule has 124 valence electrons. The van der Waals surface area contributed by atoms with Gasteiger partial charge in [0.05, 0.1) is 28.2 Å². The van der Waals surface area contributed by atoms with Crippen LogP contribution < -0.4 is 4.74 Å². The number of methoxy groups -OCH3 is 1. The predicted octanol–water partition coefficient (Wildman–Crippen LogP) is 4.79. The summed E-state index contributed by atoms with van der Waals surface area (Å²) in [6.07, 6.45) is 1.52. The molecule has 0 fully saturated rings. The fourth-order valence-corrected chi connectivity index (χ4v) is 3.79. The van der Waals surface area contributed by atoms with Crippen molar-refractivity contribution in [3.63, 3.8) is 0 Å². The number of aryl methyl sites for hydroxylation is 1. The fraction of sp³-hybridized carbons (Fsp3) is 0.111.